The number of unbranched alkanes of at least 4 members (excludes halogenated alkanes) is 12. The van der Waals surface area contributed by atoms with Crippen LogP contribution in [0.3, 0.4) is 0 Å². The van der Waals surface area contributed by atoms with Crippen LogP contribution in [0.25, 0.3) is 0 Å². The van der Waals surface area contributed by atoms with Crippen molar-refractivity contribution in [3.05, 3.63) is 0 Å². The monoisotopic (exact) mass is 417 g/mol. The molecule has 0 aliphatic heterocycles. The lowest BCUT2D eigenvalue weighted by Crippen LogP contribution is -2.53. The van der Waals surface area contributed by atoms with E-state index in [1.165, 1.54) is 64.2 Å². The van der Waals surface area contributed by atoms with E-state index in [0.717, 1.165) is 12.8 Å². The third-order valence-electron chi connectivity index (χ3n) is 5.28. The van der Waals surface area contributed by atoms with Crippen molar-refractivity contribution >= 4 is 12.2 Å². The zero-order valence-corrected chi connectivity index (χ0v) is 18.1. The van der Waals surface area contributed by atoms with Gasteiger partial charge >= 0.3 is 0 Å². The number of rotatable bonds is 20. The maximum Gasteiger partial charge on any atom is 0.220 e. The van der Waals surface area contributed by atoms with Gasteiger partial charge in [-0.15, -0.1) is 0 Å². The number of carbonyl (C=O) groups is 2. The van der Waals surface area contributed by atoms with Crippen molar-refractivity contribution in [2.45, 2.75) is 121 Å². The summed E-state index contributed by atoms with van der Waals surface area (Å²) in [5, 5.41) is 39.9. The second kappa shape index (κ2) is 19.0. The molecule has 4 atom stereocenters. The maximum atomic E-state index is 11.9. The smallest absolute Gasteiger partial charge is 0.220 e. The molecule has 7 heteroatoms. The molecular formula is C22H43NO6. The van der Waals surface area contributed by atoms with Crippen molar-refractivity contribution in [3.8, 4) is 0 Å². The quantitative estimate of drug-likeness (QED) is 0.153. The second-order valence-electron chi connectivity index (χ2n) is 7.95. The molecule has 0 unspecified atom stereocenters. The van der Waals surface area contributed by atoms with Gasteiger partial charge in [-0.25, -0.2) is 0 Å². The highest BCUT2D eigenvalue weighted by Crippen LogP contribution is 2.13. The first kappa shape index (κ1) is 28.0. The van der Waals surface area contributed by atoms with Gasteiger partial charge in [-0.2, -0.15) is 0 Å². The predicted molar refractivity (Wildman–Crippen MR) is 113 cm³/mol. The Balaban J connectivity index is 3.69. The van der Waals surface area contributed by atoms with E-state index in [0.29, 0.717) is 12.7 Å². The molecule has 0 saturated carbocycles. The van der Waals surface area contributed by atoms with Gasteiger partial charge < -0.3 is 30.5 Å². The van der Waals surface area contributed by atoms with Crippen molar-refractivity contribution in [2.75, 3.05) is 6.61 Å². The molecule has 0 bridgehead atoms. The van der Waals surface area contributed by atoms with Gasteiger partial charge in [0.1, 0.15) is 30.6 Å². The first-order chi connectivity index (χ1) is 14.0. The van der Waals surface area contributed by atoms with E-state index in [1.54, 1.807) is 0 Å². The standard InChI is InChI=1S/C22H43NO6/c1-2-3-4-5-6-7-8-9-10-11-12-13-14-15-20(27)23-18(16-24)21(28)22(29)19(26)17-25/h16,18-19,21-22,25-26,28-29H,2-15,17H2,1H3,(H,23,27)/t18-,19-,21-,22-/m1/s1. The van der Waals surface area contributed by atoms with Gasteiger partial charge in [-0.1, -0.05) is 84.0 Å². The Hall–Kier alpha value is -1.02. The molecule has 0 fully saturated rings. The van der Waals surface area contributed by atoms with Gasteiger partial charge in [-0.05, 0) is 6.42 Å². The number of carbonyl (C=O) groups excluding carboxylic acids is 2. The molecule has 0 aliphatic carbocycles. The van der Waals surface area contributed by atoms with Gasteiger partial charge in [0.2, 0.25) is 5.91 Å². The van der Waals surface area contributed by atoms with Crippen molar-refractivity contribution < 1.29 is 30.0 Å². The Kier molecular flexibility index (Phi) is 18.3. The normalized spacial score (nSPS) is 15.5. The molecule has 0 spiro atoms. The first-order valence-corrected chi connectivity index (χ1v) is 11.4. The molecule has 0 aliphatic rings. The van der Waals surface area contributed by atoms with Gasteiger partial charge in [-0.3, -0.25) is 4.79 Å². The van der Waals surface area contributed by atoms with Crippen molar-refractivity contribution in [3.63, 3.8) is 0 Å². The van der Waals surface area contributed by atoms with Crippen LogP contribution in [-0.2, 0) is 9.59 Å². The van der Waals surface area contributed by atoms with E-state index < -0.39 is 31.0 Å². The van der Waals surface area contributed by atoms with Crippen LogP contribution in [0.2, 0.25) is 0 Å². The molecule has 172 valence electrons. The maximum absolute atomic E-state index is 11.9. The van der Waals surface area contributed by atoms with Gasteiger partial charge in [0.05, 0.1) is 6.61 Å². The number of aliphatic hydroxyl groups excluding tert-OH is 4. The fourth-order valence-corrected chi connectivity index (χ4v) is 3.31. The molecule has 1 amide bonds. The summed E-state index contributed by atoms with van der Waals surface area (Å²) in [5.41, 5.74) is 0. The van der Waals surface area contributed by atoms with Crippen LogP contribution < -0.4 is 5.32 Å². The summed E-state index contributed by atoms with van der Waals surface area (Å²) in [5.74, 6) is -0.380. The Morgan fingerprint density at radius 3 is 1.66 bits per heavy atom. The summed E-state index contributed by atoms with van der Waals surface area (Å²) in [4.78, 5) is 23.0. The van der Waals surface area contributed by atoms with Gasteiger partial charge in [0.25, 0.3) is 0 Å². The molecule has 0 aromatic carbocycles. The fraction of sp³-hybridized carbons (Fsp3) is 0.909. The highest BCUT2D eigenvalue weighted by molar-refractivity contribution is 5.79. The Labute approximate surface area is 175 Å². The van der Waals surface area contributed by atoms with E-state index in [4.69, 9.17) is 5.11 Å². The minimum atomic E-state index is -1.72. The highest BCUT2D eigenvalue weighted by atomic mass is 16.4. The molecular weight excluding hydrogens is 374 g/mol. The molecule has 0 aromatic heterocycles. The van der Waals surface area contributed by atoms with Gasteiger partial charge in [0, 0.05) is 6.42 Å². The van der Waals surface area contributed by atoms with Crippen molar-refractivity contribution in [1.29, 1.82) is 0 Å². The molecule has 0 aromatic rings. The predicted octanol–water partition coefficient (Wildman–Crippen LogP) is 2.23. The number of aldehydes is 1. The Morgan fingerprint density at radius 2 is 1.24 bits per heavy atom. The SMILES string of the molecule is CCCCCCCCCCCCCCCC(=O)N[C@H](C=O)[C@@H](O)[C@H](O)[C@H](O)CO. The molecule has 0 rings (SSSR count). The molecule has 0 saturated heterocycles. The summed E-state index contributed by atoms with van der Waals surface area (Å²) in [6.07, 6.45) is 11.3. The van der Waals surface area contributed by atoms with E-state index in [2.05, 4.69) is 12.2 Å². The van der Waals surface area contributed by atoms with E-state index in [-0.39, 0.29) is 12.3 Å². The number of aliphatic hydroxyl groups is 4. The average Bonchev–Trinajstić information content (AvgIpc) is 2.73. The summed E-state index contributed by atoms with van der Waals surface area (Å²) in [6.45, 7) is 1.48. The molecule has 5 N–H and O–H groups in total. The van der Waals surface area contributed by atoms with Crippen LogP contribution in [0.5, 0.6) is 0 Å². The van der Waals surface area contributed by atoms with Crippen molar-refractivity contribution in [2.24, 2.45) is 0 Å². The summed E-state index contributed by atoms with van der Waals surface area (Å²) < 4.78 is 0. The van der Waals surface area contributed by atoms with Crippen LogP contribution in [0.4, 0.5) is 0 Å². The third-order valence-corrected chi connectivity index (χ3v) is 5.28. The van der Waals surface area contributed by atoms with Crippen molar-refractivity contribution in [1.82, 2.24) is 5.32 Å². The summed E-state index contributed by atoms with van der Waals surface area (Å²) >= 11 is 0. The highest BCUT2D eigenvalue weighted by Gasteiger charge is 2.31. The number of nitrogens with one attached hydrogen (secondary N) is 1. The fourth-order valence-electron chi connectivity index (χ4n) is 3.31. The minimum Gasteiger partial charge on any atom is -0.394 e. The largest absolute Gasteiger partial charge is 0.394 e. The lowest BCUT2D eigenvalue weighted by atomic mass is 10.0. The van der Waals surface area contributed by atoms with Crippen LogP contribution in [0.15, 0.2) is 0 Å². The van der Waals surface area contributed by atoms with E-state index in [1.807, 2.05) is 0 Å². The van der Waals surface area contributed by atoms with Crippen LogP contribution in [0, 0.1) is 0 Å². The zero-order chi connectivity index (χ0) is 21.9. The molecule has 29 heavy (non-hydrogen) atoms. The third kappa shape index (κ3) is 14.6. The topological polar surface area (TPSA) is 127 Å². The Bertz CT molecular complexity index is 407. The van der Waals surface area contributed by atoms with Gasteiger partial charge in [0.15, 0.2) is 0 Å². The first-order valence-electron chi connectivity index (χ1n) is 11.4. The summed E-state index contributed by atoms with van der Waals surface area (Å²) in [6, 6.07) is -1.32. The van der Waals surface area contributed by atoms with E-state index >= 15 is 0 Å². The minimum absolute atomic E-state index is 0.244. The zero-order valence-electron chi connectivity index (χ0n) is 18.1. The summed E-state index contributed by atoms with van der Waals surface area (Å²) in [7, 11) is 0. The lowest BCUT2D eigenvalue weighted by molar-refractivity contribution is -0.131. The van der Waals surface area contributed by atoms with Crippen LogP contribution >= 0.6 is 0 Å². The number of amides is 1. The molecule has 0 heterocycles. The second-order valence-corrected chi connectivity index (χ2v) is 7.95. The van der Waals surface area contributed by atoms with Crippen LogP contribution in [-0.4, -0.2) is 63.6 Å². The molecule has 7 nitrogen and oxygen atoms in total. The lowest BCUT2D eigenvalue weighted by Gasteiger charge is -2.26. The van der Waals surface area contributed by atoms with Crippen LogP contribution in [0.1, 0.15) is 96.8 Å². The molecule has 0 radical (unpaired) electrons. The number of hydrogen-bond acceptors (Lipinski definition) is 6. The average molecular weight is 418 g/mol. The Morgan fingerprint density at radius 1 is 0.793 bits per heavy atom. The van der Waals surface area contributed by atoms with E-state index in [9.17, 15) is 24.9 Å². The number of hydrogen-bond donors (Lipinski definition) is 5.